The molecular formula is C20H22N2O4S. The van der Waals surface area contributed by atoms with Crippen LogP contribution >= 0.6 is 11.3 Å². The van der Waals surface area contributed by atoms with Crippen molar-refractivity contribution < 1.29 is 19.1 Å². The molecule has 2 aromatic rings. The number of nitrogens with one attached hydrogen (secondary N) is 2. The van der Waals surface area contributed by atoms with Crippen LogP contribution in [0.2, 0.25) is 0 Å². The van der Waals surface area contributed by atoms with Gasteiger partial charge in [-0.1, -0.05) is 12.1 Å². The second kappa shape index (κ2) is 8.35. The van der Waals surface area contributed by atoms with Gasteiger partial charge >= 0.3 is 5.97 Å². The highest BCUT2D eigenvalue weighted by molar-refractivity contribution is 7.17. The van der Waals surface area contributed by atoms with Crippen molar-refractivity contribution in [2.45, 2.75) is 39.5 Å². The fourth-order valence-corrected chi connectivity index (χ4v) is 4.48. The van der Waals surface area contributed by atoms with E-state index in [2.05, 4.69) is 10.6 Å². The molecule has 0 saturated heterocycles. The molecule has 0 saturated carbocycles. The van der Waals surface area contributed by atoms with Gasteiger partial charge in [0, 0.05) is 17.5 Å². The Bertz CT molecular complexity index is 888. The number of amides is 2. The molecule has 27 heavy (non-hydrogen) atoms. The van der Waals surface area contributed by atoms with Crippen LogP contribution in [0, 0.1) is 6.92 Å². The van der Waals surface area contributed by atoms with E-state index in [4.69, 9.17) is 4.74 Å². The van der Waals surface area contributed by atoms with Gasteiger partial charge in [-0.2, -0.15) is 0 Å². The van der Waals surface area contributed by atoms with Gasteiger partial charge in [0.25, 0.3) is 5.91 Å². The van der Waals surface area contributed by atoms with Crippen molar-refractivity contribution >= 4 is 39.8 Å². The summed E-state index contributed by atoms with van der Waals surface area (Å²) < 4.78 is 5.24. The average molecular weight is 386 g/mol. The molecule has 6 nitrogen and oxygen atoms in total. The number of benzene rings is 1. The monoisotopic (exact) mass is 386 g/mol. The summed E-state index contributed by atoms with van der Waals surface area (Å²) in [5.74, 6) is -1.21. The van der Waals surface area contributed by atoms with E-state index in [9.17, 15) is 14.4 Å². The number of thiophene rings is 1. The normalized spacial score (nSPS) is 12.8. The molecular weight excluding hydrogens is 364 g/mol. The first-order valence-electron chi connectivity index (χ1n) is 8.90. The molecule has 0 aliphatic heterocycles. The third-order valence-corrected chi connectivity index (χ3v) is 5.51. The van der Waals surface area contributed by atoms with Gasteiger partial charge in [-0.3, -0.25) is 9.59 Å². The highest BCUT2D eigenvalue weighted by Gasteiger charge is 2.27. The number of anilines is 2. The Kier molecular flexibility index (Phi) is 5.91. The largest absolute Gasteiger partial charge is 0.452 e. The summed E-state index contributed by atoms with van der Waals surface area (Å²) in [6.07, 6.45) is 3.75. The zero-order valence-electron chi connectivity index (χ0n) is 15.4. The van der Waals surface area contributed by atoms with Crippen molar-refractivity contribution in [3.05, 3.63) is 45.8 Å². The van der Waals surface area contributed by atoms with Crippen LogP contribution in [0.1, 0.15) is 46.1 Å². The van der Waals surface area contributed by atoms with E-state index in [0.717, 1.165) is 41.7 Å². The Morgan fingerprint density at radius 1 is 1.15 bits per heavy atom. The third-order valence-electron chi connectivity index (χ3n) is 4.30. The first-order chi connectivity index (χ1) is 12.9. The first kappa shape index (κ1) is 19.1. The lowest BCUT2D eigenvalue weighted by Crippen LogP contribution is -2.22. The fourth-order valence-electron chi connectivity index (χ4n) is 3.15. The minimum absolute atomic E-state index is 0.236. The van der Waals surface area contributed by atoms with Crippen LogP contribution in [0.5, 0.6) is 0 Å². The second-order valence-electron chi connectivity index (χ2n) is 6.59. The van der Waals surface area contributed by atoms with E-state index in [0.29, 0.717) is 16.3 Å². The Balaban J connectivity index is 1.69. The van der Waals surface area contributed by atoms with Gasteiger partial charge in [-0.15, -0.1) is 11.3 Å². The predicted molar refractivity (Wildman–Crippen MR) is 105 cm³/mol. The van der Waals surface area contributed by atoms with E-state index in [1.165, 1.54) is 18.3 Å². The van der Waals surface area contributed by atoms with Crippen LogP contribution in [0.25, 0.3) is 0 Å². The van der Waals surface area contributed by atoms with Crippen molar-refractivity contribution in [2.24, 2.45) is 0 Å². The zero-order valence-corrected chi connectivity index (χ0v) is 16.2. The molecule has 1 aliphatic rings. The van der Waals surface area contributed by atoms with Crippen LogP contribution in [0.3, 0.4) is 0 Å². The highest BCUT2D eigenvalue weighted by Crippen LogP contribution is 2.38. The minimum Gasteiger partial charge on any atom is -0.452 e. The fraction of sp³-hybridized carbons (Fsp3) is 0.350. The lowest BCUT2D eigenvalue weighted by atomic mass is 9.95. The molecule has 2 N–H and O–H groups in total. The number of hydrogen-bond acceptors (Lipinski definition) is 5. The molecule has 0 radical (unpaired) electrons. The summed E-state index contributed by atoms with van der Waals surface area (Å²) >= 11 is 1.42. The van der Waals surface area contributed by atoms with Gasteiger partial charge < -0.3 is 15.4 Å². The summed E-state index contributed by atoms with van der Waals surface area (Å²) in [5, 5.41) is 5.95. The molecule has 1 aliphatic carbocycles. The molecule has 2 amide bonds. The Hall–Kier alpha value is -2.67. The molecule has 1 aromatic carbocycles. The van der Waals surface area contributed by atoms with Crippen molar-refractivity contribution in [2.75, 3.05) is 17.2 Å². The second-order valence-corrected chi connectivity index (χ2v) is 7.70. The van der Waals surface area contributed by atoms with Gasteiger partial charge in [-0.25, -0.2) is 4.79 Å². The van der Waals surface area contributed by atoms with E-state index >= 15 is 0 Å². The number of aryl methyl sites for hydroxylation is 2. The predicted octanol–water partition coefficient (Wildman–Crippen LogP) is 3.69. The van der Waals surface area contributed by atoms with Gasteiger partial charge in [0.2, 0.25) is 5.91 Å². The summed E-state index contributed by atoms with van der Waals surface area (Å²) in [6.45, 7) is 2.96. The molecule has 7 heteroatoms. The maximum absolute atomic E-state index is 12.6. The van der Waals surface area contributed by atoms with E-state index in [-0.39, 0.29) is 12.5 Å². The molecule has 3 rings (SSSR count). The lowest BCUT2D eigenvalue weighted by molar-refractivity contribution is -0.119. The highest BCUT2D eigenvalue weighted by atomic mass is 32.1. The summed E-state index contributed by atoms with van der Waals surface area (Å²) in [4.78, 5) is 37.3. The standard InChI is InChI=1S/C20H22N2O4S/c1-12-6-5-7-14(10-12)22-17(24)11-26-20(25)18-15-8-3-4-9-16(15)27-19(18)21-13(2)23/h5-7,10H,3-4,8-9,11H2,1-2H3,(H,21,23)(H,22,24). The van der Waals surface area contributed by atoms with E-state index in [1.54, 1.807) is 6.07 Å². The molecule has 0 atom stereocenters. The molecule has 1 aromatic heterocycles. The number of esters is 1. The van der Waals surface area contributed by atoms with Crippen LogP contribution in [0.15, 0.2) is 24.3 Å². The number of rotatable bonds is 5. The number of ether oxygens (including phenoxy) is 1. The molecule has 0 bridgehead atoms. The number of fused-ring (bicyclic) bond motifs is 1. The Labute approximate surface area is 161 Å². The number of hydrogen-bond donors (Lipinski definition) is 2. The minimum atomic E-state index is -0.572. The quantitative estimate of drug-likeness (QED) is 0.768. The van der Waals surface area contributed by atoms with Gasteiger partial charge in [0.05, 0.1) is 5.56 Å². The topological polar surface area (TPSA) is 84.5 Å². The summed E-state index contributed by atoms with van der Waals surface area (Å²) in [5.41, 5.74) is 3.02. The molecule has 0 spiro atoms. The molecule has 142 valence electrons. The summed E-state index contributed by atoms with van der Waals surface area (Å²) in [7, 11) is 0. The van der Waals surface area contributed by atoms with Crippen molar-refractivity contribution in [1.82, 2.24) is 0 Å². The Morgan fingerprint density at radius 2 is 1.93 bits per heavy atom. The Morgan fingerprint density at radius 3 is 2.67 bits per heavy atom. The first-order valence-corrected chi connectivity index (χ1v) is 9.71. The molecule has 1 heterocycles. The van der Waals surface area contributed by atoms with Crippen molar-refractivity contribution in [3.8, 4) is 0 Å². The summed E-state index contributed by atoms with van der Waals surface area (Å²) in [6, 6.07) is 7.38. The van der Waals surface area contributed by atoms with E-state index < -0.39 is 11.9 Å². The van der Waals surface area contributed by atoms with Gasteiger partial charge in [0.1, 0.15) is 5.00 Å². The van der Waals surface area contributed by atoms with Gasteiger partial charge in [-0.05, 0) is 55.9 Å². The lowest BCUT2D eigenvalue weighted by Gasteiger charge is -2.13. The maximum Gasteiger partial charge on any atom is 0.341 e. The van der Waals surface area contributed by atoms with Crippen LogP contribution in [-0.2, 0) is 27.2 Å². The number of carbonyl (C=O) groups is 3. The number of carbonyl (C=O) groups excluding carboxylic acids is 3. The molecule has 0 unspecified atom stereocenters. The molecule has 0 fully saturated rings. The van der Waals surface area contributed by atoms with Gasteiger partial charge in [0.15, 0.2) is 6.61 Å². The van der Waals surface area contributed by atoms with Crippen molar-refractivity contribution in [1.29, 1.82) is 0 Å². The average Bonchev–Trinajstić information content (AvgIpc) is 2.96. The third kappa shape index (κ3) is 4.74. The smallest absolute Gasteiger partial charge is 0.341 e. The maximum atomic E-state index is 12.6. The van der Waals surface area contributed by atoms with Crippen LogP contribution in [-0.4, -0.2) is 24.4 Å². The van der Waals surface area contributed by atoms with Crippen LogP contribution in [0.4, 0.5) is 10.7 Å². The van der Waals surface area contributed by atoms with E-state index in [1.807, 2.05) is 25.1 Å². The van der Waals surface area contributed by atoms with Crippen LogP contribution < -0.4 is 10.6 Å². The SMILES string of the molecule is CC(=O)Nc1sc2c(c1C(=O)OCC(=O)Nc1cccc(C)c1)CCCC2. The zero-order chi connectivity index (χ0) is 19.4. The van der Waals surface area contributed by atoms with Crippen molar-refractivity contribution in [3.63, 3.8) is 0 Å².